The van der Waals surface area contributed by atoms with Crippen molar-refractivity contribution in [3.63, 3.8) is 0 Å². The lowest BCUT2D eigenvalue weighted by atomic mass is 9.86. The number of esters is 1. The fraction of sp³-hybridized carbons (Fsp3) is 0.571. The summed E-state index contributed by atoms with van der Waals surface area (Å²) in [6.45, 7) is 4.40. The van der Waals surface area contributed by atoms with Gasteiger partial charge >= 0.3 is 5.97 Å². The zero-order chi connectivity index (χ0) is 19.4. The van der Waals surface area contributed by atoms with Gasteiger partial charge in [0, 0.05) is 24.7 Å². The molecule has 6 nitrogen and oxygen atoms in total. The van der Waals surface area contributed by atoms with Crippen molar-refractivity contribution in [2.24, 2.45) is 5.92 Å². The fourth-order valence-electron chi connectivity index (χ4n) is 3.83. The summed E-state index contributed by atoms with van der Waals surface area (Å²) in [7, 11) is 0. The molecule has 1 aromatic carbocycles. The van der Waals surface area contributed by atoms with E-state index in [1.165, 1.54) is 6.42 Å². The molecule has 27 heavy (non-hydrogen) atoms. The molecule has 1 aliphatic heterocycles. The standard InChI is InChI=1S/C21H28N2O4/c1-14-7-3-4-10-18(14)22-20(25)15(2)27-21(26)16-8-5-9-17(13-16)23-12-6-11-19(23)24/h5,8-9,13-15,18H,3-4,6-7,10-12H2,1-2H3,(H,22,25)/t14-,15-,18+/m1/s1. The Morgan fingerprint density at radius 3 is 2.70 bits per heavy atom. The summed E-state index contributed by atoms with van der Waals surface area (Å²) in [5, 5.41) is 3.02. The predicted molar refractivity (Wildman–Crippen MR) is 102 cm³/mol. The van der Waals surface area contributed by atoms with Crippen LogP contribution in [0.5, 0.6) is 0 Å². The van der Waals surface area contributed by atoms with E-state index in [1.54, 1.807) is 36.1 Å². The molecule has 3 atom stereocenters. The first-order valence-corrected chi connectivity index (χ1v) is 9.87. The van der Waals surface area contributed by atoms with Crippen LogP contribution in [0.2, 0.25) is 0 Å². The number of anilines is 1. The molecular formula is C21H28N2O4. The second-order valence-electron chi connectivity index (χ2n) is 7.62. The van der Waals surface area contributed by atoms with E-state index in [0.29, 0.717) is 30.1 Å². The number of nitrogens with zero attached hydrogens (tertiary/aromatic N) is 1. The molecule has 2 amide bonds. The van der Waals surface area contributed by atoms with Crippen molar-refractivity contribution in [1.29, 1.82) is 0 Å². The minimum absolute atomic E-state index is 0.0647. The van der Waals surface area contributed by atoms with Gasteiger partial charge in [0.05, 0.1) is 5.56 Å². The Kier molecular flexibility index (Phi) is 6.14. The van der Waals surface area contributed by atoms with E-state index in [9.17, 15) is 14.4 Å². The smallest absolute Gasteiger partial charge is 0.338 e. The number of nitrogens with one attached hydrogen (secondary N) is 1. The lowest BCUT2D eigenvalue weighted by molar-refractivity contribution is -0.130. The van der Waals surface area contributed by atoms with Gasteiger partial charge in [-0.2, -0.15) is 0 Å². The molecule has 0 aromatic heterocycles. The molecule has 0 spiro atoms. The monoisotopic (exact) mass is 372 g/mol. The molecule has 1 aromatic rings. The number of amides is 2. The maximum atomic E-state index is 12.5. The summed E-state index contributed by atoms with van der Waals surface area (Å²) in [5.74, 6) is -0.300. The Labute approximate surface area is 160 Å². The predicted octanol–water partition coefficient (Wildman–Crippen LogP) is 3.05. The quantitative estimate of drug-likeness (QED) is 0.806. The largest absolute Gasteiger partial charge is 0.449 e. The number of hydrogen-bond donors (Lipinski definition) is 1. The second-order valence-corrected chi connectivity index (χ2v) is 7.62. The van der Waals surface area contributed by atoms with E-state index in [1.807, 2.05) is 0 Å². The lowest BCUT2D eigenvalue weighted by Gasteiger charge is -2.30. The topological polar surface area (TPSA) is 75.7 Å². The third-order valence-corrected chi connectivity index (χ3v) is 5.56. The van der Waals surface area contributed by atoms with Crippen molar-refractivity contribution in [3.8, 4) is 0 Å². The van der Waals surface area contributed by atoms with E-state index < -0.39 is 12.1 Å². The molecule has 0 unspecified atom stereocenters. The maximum Gasteiger partial charge on any atom is 0.338 e. The first-order chi connectivity index (χ1) is 13.0. The molecule has 0 radical (unpaired) electrons. The molecule has 3 rings (SSSR count). The first-order valence-electron chi connectivity index (χ1n) is 9.87. The normalized spacial score (nSPS) is 23.8. The van der Waals surface area contributed by atoms with Crippen LogP contribution in [0.3, 0.4) is 0 Å². The van der Waals surface area contributed by atoms with Crippen molar-refractivity contribution in [2.75, 3.05) is 11.4 Å². The second kappa shape index (κ2) is 8.55. The van der Waals surface area contributed by atoms with E-state index in [0.717, 1.165) is 25.7 Å². The van der Waals surface area contributed by atoms with Gasteiger partial charge in [0.2, 0.25) is 5.91 Å². The van der Waals surface area contributed by atoms with E-state index >= 15 is 0 Å². The SMILES string of the molecule is C[C@@H]1CCCC[C@@H]1NC(=O)[C@@H](C)OC(=O)c1cccc(N2CCCC2=O)c1. The van der Waals surface area contributed by atoms with Crippen LogP contribution in [0.1, 0.15) is 62.7 Å². The molecule has 2 fully saturated rings. The van der Waals surface area contributed by atoms with E-state index in [2.05, 4.69) is 12.2 Å². The van der Waals surface area contributed by atoms with Crippen LogP contribution < -0.4 is 10.2 Å². The average molecular weight is 372 g/mol. The minimum atomic E-state index is -0.858. The summed E-state index contributed by atoms with van der Waals surface area (Å²) in [6.07, 6.45) is 4.90. The van der Waals surface area contributed by atoms with Gasteiger partial charge in [-0.05, 0) is 50.3 Å². The van der Waals surface area contributed by atoms with Gasteiger partial charge in [0.25, 0.3) is 5.91 Å². The summed E-state index contributed by atoms with van der Waals surface area (Å²) in [5.41, 5.74) is 1.04. The van der Waals surface area contributed by atoms with Gasteiger partial charge < -0.3 is 15.0 Å². The van der Waals surface area contributed by atoms with Gasteiger partial charge in [-0.3, -0.25) is 9.59 Å². The Morgan fingerprint density at radius 1 is 1.22 bits per heavy atom. The number of benzene rings is 1. The molecule has 1 N–H and O–H groups in total. The number of rotatable bonds is 5. The Balaban J connectivity index is 1.59. The molecular weight excluding hydrogens is 344 g/mol. The summed E-state index contributed by atoms with van der Waals surface area (Å²) >= 11 is 0. The zero-order valence-corrected chi connectivity index (χ0v) is 16.1. The Morgan fingerprint density at radius 2 is 2.00 bits per heavy atom. The highest BCUT2D eigenvalue weighted by Gasteiger charge is 2.27. The maximum absolute atomic E-state index is 12.5. The molecule has 6 heteroatoms. The van der Waals surface area contributed by atoms with E-state index in [-0.39, 0.29) is 17.9 Å². The van der Waals surface area contributed by atoms with Crippen molar-refractivity contribution in [2.45, 2.75) is 64.5 Å². The molecule has 146 valence electrons. The zero-order valence-electron chi connectivity index (χ0n) is 16.1. The summed E-state index contributed by atoms with van der Waals surface area (Å²) in [4.78, 5) is 38.4. The number of carbonyl (C=O) groups is 3. The molecule has 1 saturated carbocycles. The van der Waals surface area contributed by atoms with Crippen LogP contribution in [0.15, 0.2) is 24.3 Å². The van der Waals surface area contributed by atoms with Gasteiger partial charge in [0.15, 0.2) is 6.10 Å². The van der Waals surface area contributed by atoms with Crippen LogP contribution in [0.4, 0.5) is 5.69 Å². The number of carbonyl (C=O) groups excluding carboxylic acids is 3. The van der Waals surface area contributed by atoms with Gasteiger partial charge in [-0.15, -0.1) is 0 Å². The highest BCUT2D eigenvalue weighted by molar-refractivity contribution is 5.98. The molecule has 2 aliphatic rings. The fourth-order valence-corrected chi connectivity index (χ4v) is 3.83. The molecule has 1 saturated heterocycles. The van der Waals surface area contributed by atoms with Crippen molar-refractivity contribution in [1.82, 2.24) is 5.32 Å². The minimum Gasteiger partial charge on any atom is -0.449 e. The van der Waals surface area contributed by atoms with Crippen molar-refractivity contribution in [3.05, 3.63) is 29.8 Å². The number of ether oxygens (including phenoxy) is 1. The first kappa shape index (κ1) is 19.4. The van der Waals surface area contributed by atoms with Crippen LogP contribution in [0.25, 0.3) is 0 Å². The van der Waals surface area contributed by atoms with Crippen LogP contribution in [-0.4, -0.2) is 36.5 Å². The third-order valence-electron chi connectivity index (χ3n) is 5.56. The average Bonchev–Trinajstić information content (AvgIpc) is 3.09. The van der Waals surface area contributed by atoms with Gasteiger partial charge in [0.1, 0.15) is 0 Å². The Hall–Kier alpha value is -2.37. The van der Waals surface area contributed by atoms with Crippen LogP contribution >= 0.6 is 0 Å². The summed E-state index contributed by atoms with van der Waals surface area (Å²) < 4.78 is 5.37. The lowest BCUT2D eigenvalue weighted by Crippen LogP contribution is -2.46. The van der Waals surface area contributed by atoms with Gasteiger partial charge in [-0.1, -0.05) is 25.8 Å². The highest BCUT2D eigenvalue weighted by Crippen LogP contribution is 2.24. The third kappa shape index (κ3) is 4.67. The van der Waals surface area contributed by atoms with Gasteiger partial charge in [-0.25, -0.2) is 4.79 Å². The molecule has 1 aliphatic carbocycles. The molecule has 1 heterocycles. The van der Waals surface area contributed by atoms with Crippen LogP contribution in [0, 0.1) is 5.92 Å². The van der Waals surface area contributed by atoms with E-state index in [4.69, 9.17) is 4.74 Å². The van der Waals surface area contributed by atoms with Crippen molar-refractivity contribution < 1.29 is 19.1 Å². The number of hydrogen-bond acceptors (Lipinski definition) is 4. The highest BCUT2D eigenvalue weighted by atomic mass is 16.5. The van der Waals surface area contributed by atoms with Crippen LogP contribution in [-0.2, 0) is 14.3 Å². The molecule has 0 bridgehead atoms. The Bertz CT molecular complexity index is 718. The van der Waals surface area contributed by atoms with Crippen molar-refractivity contribution >= 4 is 23.5 Å². The summed E-state index contributed by atoms with van der Waals surface area (Å²) in [6, 6.07) is 6.98.